The second kappa shape index (κ2) is 8.17. The first-order valence-corrected chi connectivity index (χ1v) is 9.90. The highest BCUT2D eigenvalue weighted by molar-refractivity contribution is 7.71. The van der Waals surface area contributed by atoms with Crippen molar-refractivity contribution < 1.29 is 18.1 Å². The van der Waals surface area contributed by atoms with Gasteiger partial charge in [0, 0.05) is 11.4 Å². The van der Waals surface area contributed by atoms with Gasteiger partial charge < -0.3 is 9.80 Å². The molecular weight excluding hydrogens is 397 g/mol. The number of piperazine rings is 1. The van der Waals surface area contributed by atoms with Crippen LogP contribution in [0.4, 0.5) is 18.9 Å². The van der Waals surface area contributed by atoms with Crippen molar-refractivity contribution in [2.24, 2.45) is 0 Å². The molecule has 2 aromatic rings. The van der Waals surface area contributed by atoms with Crippen LogP contribution in [0.15, 0.2) is 24.3 Å². The lowest BCUT2D eigenvalue weighted by Gasteiger charge is -2.34. The van der Waals surface area contributed by atoms with E-state index in [1.165, 1.54) is 17.0 Å². The van der Waals surface area contributed by atoms with Crippen molar-refractivity contribution in [2.75, 3.05) is 31.1 Å². The topological polar surface area (TPSA) is 36.4 Å². The Morgan fingerprint density at radius 3 is 2.38 bits per heavy atom. The molecule has 4 nitrogen and oxygen atoms in total. The molecule has 0 aliphatic carbocycles. The highest BCUT2D eigenvalue weighted by Gasteiger charge is 2.31. The molecule has 0 amide bonds. The summed E-state index contributed by atoms with van der Waals surface area (Å²) in [5.74, 6) is 0. The SMILES string of the molecule is Cc1c(C)c(C)n(C[NH+]2CCN(c3cccc(C(F)(F)F)c3)CC2)c(=S)c1C#N. The largest absolute Gasteiger partial charge is 0.416 e. The Morgan fingerprint density at radius 2 is 1.79 bits per heavy atom. The Kier molecular flexibility index (Phi) is 6.01. The summed E-state index contributed by atoms with van der Waals surface area (Å²) >= 11 is 5.55. The molecule has 0 atom stereocenters. The summed E-state index contributed by atoms with van der Waals surface area (Å²) in [6.45, 7) is 9.48. The van der Waals surface area contributed by atoms with E-state index in [4.69, 9.17) is 12.2 Å². The van der Waals surface area contributed by atoms with Crippen molar-refractivity contribution >= 4 is 17.9 Å². The Hall–Kier alpha value is -2.37. The first-order chi connectivity index (χ1) is 13.6. The van der Waals surface area contributed by atoms with Gasteiger partial charge in [0.15, 0.2) is 6.67 Å². The quantitative estimate of drug-likeness (QED) is 0.772. The fraction of sp³-hybridized carbons (Fsp3) is 0.429. The highest BCUT2D eigenvalue weighted by Crippen LogP contribution is 2.31. The summed E-state index contributed by atoms with van der Waals surface area (Å²) in [5, 5.41) is 9.46. The zero-order valence-corrected chi connectivity index (χ0v) is 17.5. The fourth-order valence-electron chi connectivity index (χ4n) is 3.77. The van der Waals surface area contributed by atoms with Gasteiger partial charge in [-0.05, 0) is 50.1 Å². The number of nitrogens with zero attached hydrogens (tertiary/aromatic N) is 3. The minimum Gasteiger partial charge on any atom is -0.360 e. The molecule has 0 unspecified atom stereocenters. The van der Waals surface area contributed by atoms with Gasteiger partial charge in [-0.15, -0.1) is 0 Å². The Labute approximate surface area is 173 Å². The first kappa shape index (κ1) is 21.3. The summed E-state index contributed by atoms with van der Waals surface area (Å²) in [6.07, 6.45) is -4.33. The molecule has 0 saturated carbocycles. The van der Waals surface area contributed by atoms with Crippen LogP contribution in [0.3, 0.4) is 0 Å². The molecular formula is C21H24F3N4S+. The number of anilines is 1. The molecule has 8 heteroatoms. The maximum atomic E-state index is 13.0. The molecule has 1 N–H and O–H groups in total. The summed E-state index contributed by atoms with van der Waals surface area (Å²) in [4.78, 5) is 3.28. The number of hydrogen-bond acceptors (Lipinski definition) is 3. The number of nitrogens with one attached hydrogen (secondary N) is 1. The lowest BCUT2D eigenvalue weighted by Crippen LogP contribution is -3.14. The molecule has 0 bridgehead atoms. The number of halogens is 3. The van der Waals surface area contributed by atoms with Crippen LogP contribution in [0.1, 0.15) is 27.9 Å². The van der Waals surface area contributed by atoms with Crippen LogP contribution in [0.25, 0.3) is 0 Å². The van der Waals surface area contributed by atoms with E-state index in [1.54, 1.807) is 6.07 Å². The van der Waals surface area contributed by atoms with E-state index in [9.17, 15) is 18.4 Å². The van der Waals surface area contributed by atoms with E-state index in [2.05, 4.69) is 6.07 Å². The third-order valence-corrected chi connectivity index (χ3v) is 6.27. The zero-order valence-electron chi connectivity index (χ0n) is 16.7. The van der Waals surface area contributed by atoms with Crippen LogP contribution in [0.5, 0.6) is 0 Å². The number of nitriles is 1. The van der Waals surface area contributed by atoms with Gasteiger partial charge in [0.1, 0.15) is 10.7 Å². The molecule has 0 spiro atoms. The molecule has 0 radical (unpaired) electrons. The second-order valence-corrected chi connectivity index (χ2v) is 7.89. The maximum absolute atomic E-state index is 13.0. The summed E-state index contributed by atoms with van der Waals surface area (Å²) < 4.78 is 41.5. The van der Waals surface area contributed by atoms with Crippen LogP contribution in [-0.4, -0.2) is 30.7 Å². The highest BCUT2D eigenvalue weighted by atomic mass is 32.1. The Bertz CT molecular complexity index is 1010. The minimum atomic E-state index is -4.33. The van der Waals surface area contributed by atoms with E-state index in [0.717, 1.165) is 36.0 Å². The summed E-state index contributed by atoms with van der Waals surface area (Å²) in [5.41, 5.74) is 3.58. The predicted molar refractivity (Wildman–Crippen MR) is 109 cm³/mol. The molecule has 1 aliphatic heterocycles. The molecule has 1 aliphatic rings. The maximum Gasteiger partial charge on any atom is 0.416 e. The van der Waals surface area contributed by atoms with Crippen molar-refractivity contribution in [3.8, 4) is 6.07 Å². The molecule has 1 saturated heterocycles. The van der Waals surface area contributed by atoms with Gasteiger partial charge >= 0.3 is 6.18 Å². The van der Waals surface area contributed by atoms with Gasteiger partial charge in [-0.2, -0.15) is 18.4 Å². The standard InChI is InChI=1S/C21H23F3N4S/c1-14-15(2)19(12-25)20(29)28(16(14)3)13-26-7-9-27(10-8-26)18-6-4-5-17(11-18)21(22,23)24/h4-6,11H,7-10,13H2,1-3H3/p+1. The predicted octanol–water partition coefficient (Wildman–Crippen LogP) is 3.40. The number of benzene rings is 1. The smallest absolute Gasteiger partial charge is 0.360 e. The van der Waals surface area contributed by atoms with Crippen molar-refractivity contribution in [1.82, 2.24) is 4.57 Å². The summed E-state index contributed by atoms with van der Waals surface area (Å²) in [6, 6.07) is 7.72. The molecule has 1 aromatic carbocycles. The van der Waals surface area contributed by atoms with Crippen LogP contribution >= 0.6 is 12.2 Å². The van der Waals surface area contributed by atoms with Gasteiger partial charge in [0.05, 0.1) is 37.3 Å². The van der Waals surface area contributed by atoms with E-state index in [1.807, 2.05) is 30.2 Å². The van der Waals surface area contributed by atoms with E-state index >= 15 is 0 Å². The van der Waals surface area contributed by atoms with Gasteiger partial charge in [-0.1, -0.05) is 18.3 Å². The normalized spacial score (nSPS) is 15.4. The summed E-state index contributed by atoms with van der Waals surface area (Å²) in [7, 11) is 0. The zero-order chi connectivity index (χ0) is 21.3. The Morgan fingerprint density at radius 1 is 1.14 bits per heavy atom. The number of quaternary nitrogens is 1. The van der Waals surface area contributed by atoms with Crippen LogP contribution < -0.4 is 9.80 Å². The molecule has 3 rings (SSSR count). The lowest BCUT2D eigenvalue weighted by atomic mass is 10.0. The molecule has 1 fully saturated rings. The van der Waals surface area contributed by atoms with Gasteiger partial charge in [0.25, 0.3) is 0 Å². The lowest BCUT2D eigenvalue weighted by molar-refractivity contribution is -0.923. The molecule has 2 heterocycles. The van der Waals surface area contributed by atoms with Gasteiger partial charge in [-0.25, -0.2) is 0 Å². The van der Waals surface area contributed by atoms with Crippen molar-refractivity contribution in [3.63, 3.8) is 0 Å². The van der Waals surface area contributed by atoms with Crippen LogP contribution in [0.2, 0.25) is 0 Å². The van der Waals surface area contributed by atoms with Crippen LogP contribution in [-0.2, 0) is 12.8 Å². The monoisotopic (exact) mass is 421 g/mol. The first-order valence-electron chi connectivity index (χ1n) is 9.50. The molecule has 1 aromatic heterocycles. The fourth-order valence-corrected chi connectivity index (χ4v) is 4.17. The van der Waals surface area contributed by atoms with E-state index in [-0.39, 0.29) is 0 Å². The van der Waals surface area contributed by atoms with Crippen molar-refractivity contribution in [3.05, 3.63) is 56.9 Å². The van der Waals surface area contributed by atoms with E-state index < -0.39 is 11.7 Å². The molecule has 154 valence electrons. The number of hydrogen-bond donors (Lipinski definition) is 1. The van der Waals surface area contributed by atoms with E-state index in [0.29, 0.717) is 35.6 Å². The van der Waals surface area contributed by atoms with Gasteiger partial charge in [-0.3, -0.25) is 4.57 Å². The average Bonchev–Trinajstić information content (AvgIpc) is 2.70. The minimum absolute atomic E-state index is 0.546. The average molecular weight is 422 g/mol. The van der Waals surface area contributed by atoms with Crippen molar-refractivity contribution in [2.45, 2.75) is 33.6 Å². The van der Waals surface area contributed by atoms with Crippen LogP contribution in [0, 0.1) is 36.7 Å². The Balaban J connectivity index is 1.74. The third kappa shape index (κ3) is 4.31. The van der Waals surface area contributed by atoms with Crippen molar-refractivity contribution in [1.29, 1.82) is 5.26 Å². The number of aromatic nitrogens is 1. The number of alkyl halides is 3. The number of pyridine rings is 1. The molecule has 29 heavy (non-hydrogen) atoms. The van der Waals surface area contributed by atoms with Gasteiger partial charge in [0.2, 0.25) is 0 Å². The number of rotatable bonds is 3. The second-order valence-electron chi connectivity index (χ2n) is 7.50. The third-order valence-electron chi connectivity index (χ3n) is 5.85.